The predicted octanol–water partition coefficient (Wildman–Crippen LogP) is 4.28. The van der Waals surface area contributed by atoms with Gasteiger partial charge >= 0.3 is 5.97 Å². The average molecular weight is 399 g/mol. The number of nitrogens with one attached hydrogen (secondary N) is 2. The zero-order chi connectivity index (χ0) is 19.9. The van der Waals surface area contributed by atoms with E-state index >= 15 is 0 Å². The first-order valence-corrected chi connectivity index (χ1v) is 8.81. The van der Waals surface area contributed by atoms with Gasteiger partial charge in [-0.25, -0.2) is 9.78 Å². The smallest absolute Gasteiger partial charge is 0.337 e. The molecule has 0 aliphatic rings. The van der Waals surface area contributed by atoms with Gasteiger partial charge in [0, 0.05) is 12.7 Å². The maximum absolute atomic E-state index is 11.7. The van der Waals surface area contributed by atoms with Gasteiger partial charge in [0.15, 0.2) is 0 Å². The Morgan fingerprint density at radius 1 is 1.11 bits per heavy atom. The zero-order valence-electron chi connectivity index (χ0n) is 15.4. The van der Waals surface area contributed by atoms with Gasteiger partial charge in [0.25, 0.3) is 0 Å². The van der Waals surface area contributed by atoms with Crippen LogP contribution >= 0.6 is 11.6 Å². The summed E-state index contributed by atoms with van der Waals surface area (Å²) in [4.78, 5) is 20.3. The van der Waals surface area contributed by atoms with Crippen molar-refractivity contribution in [2.24, 2.45) is 0 Å². The lowest BCUT2D eigenvalue weighted by Gasteiger charge is -2.11. The molecule has 0 saturated heterocycles. The number of hydrogen-bond acceptors (Lipinski definition) is 7. The van der Waals surface area contributed by atoms with Crippen molar-refractivity contribution in [2.75, 3.05) is 24.9 Å². The van der Waals surface area contributed by atoms with Crippen LogP contribution < -0.4 is 15.4 Å². The third kappa shape index (κ3) is 4.89. The fourth-order valence-electron chi connectivity index (χ4n) is 2.44. The number of ether oxygens (including phenoxy) is 2. The minimum atomic E-state index is -0.449. The minimum absolute atomic E-state index is 0.351. The molecule has 0 amide bonds. The van der Waals surface area contributed by atoms with E-state index in [0.29, 0.717) is 34.6 Å². The number of esters is 1. The molecule has 0 aliphatic carbocycles. The topological polar surface area (TPSA) is 85.4 Å². The summed E-state index contributed by atoms with van der Waals surface area (Å²) in [7, 11) is 2.96. The molecule has 0 bridgehead atoms. The van der Waals surface area contributed by atoms with Crippen molar-refractivity contribution >= 4 is 35.0 Å². The van der Waals surface area contributed by atoms with Gasteiger partial charge < -0.3 is 20.1 Å². The molecule has 1 aromatic heterocycles. The van der Waals surface area contributed by atoms with Gasteiger partial charge in [-0.1, -0.05) is 23.7 Å². The standard InChI is InChI=1S/C20H19ClN4O3/c1-27-15-6-3-13(4-7-15)12-23-18-9-10-22-20(25-18)24-17-11-14(19(26)28-2)5-8-16(17)21/h3-11H,12H2,1-2H3,(H2,22,23,24,25). The zero-order valence-corrected chi connectivity index (χ0v) is 16.2. The highest BCUT2D eigenvalue weighted by atomic mass is 35.5. The lowest BCUT2D eigenvalue weighted by Crippen LogP contribution is -2.05. The van der Waals surface area contributed by atoms with Gasteiger partial charge in [-0.15, -0.1) is 0 Å². The number of carbonyl (C=O) groups is 1. The fourth-order valence-corrected chi connectivity index (χ4v) is 2.60. The average Bonchev–Trinajstić information content (AvgIpc) is 2.74. The largest absolute Gasteiger partial charge is 0.497 e. The second kappa shape index (κ2) is 9.05. The number of carbonyl (C=O) groups excluding carboxylic acids is 1. The summed E-state index contributed by atoms with van der Waals surface area (Å²) in [6.07, 6.45) is 1.63. The number of aromatic nitrogens is 2. The molecule has 28 heavy (non-hydrogen) atoms. The summed E-state index contributed by atoms with van der Waals surface area (Å²) in [5.41, 5.74) is 1.97. The van der Waals surface area contributed by atoms with Crippen LogP contribution in [0.1, 0.15) is 15.9 Å². The first-order valence-electron chi connectivity index (χ1n) is 8.44. The van der Waals surface area contributed by atoms with Crippen molar-refractivity contribution in [3.8, 4) is 5.75 Å². The molecular formula is C20H19ClN4O3. The lowest BCUT2D eigenvalue weighted by molar-refractivity contribution is 0.0601. The highest BCUT2D eigenvalue weighted by molar-refractivity contribution is 6.33. The number of halogens is 1. The predicted molar refractivity (Wildman–Crippen MR) is 108 cm³/mol. The number of methoxy groups -OCH3 is 2. The van der Waals surface area contributed by atoms with E-state index in [1.54, 1.807) is 37.6 Å². The molecule has 0 fully saturated rings. The Kier molecular flexibility index (Phi) is 6.29. The highest BCUT2D eigenvalue weighted by Crippen LogP contribution is 2.26. The van der Waals surface area contributed by atoms with Crippen LogP contribution in [0.2, 0.25) is 5.02 Å². The summed E-state index contributed by atoms with van der Waals surface area (Å²) in [6.45, 7) is 0.596. The SMILES string of the molecule is COC(=O)c1ccc(Cl)c(Nc2nccc(NCc3ccc(OC)cc3)n2)c1. The normalized spacial score (nSPS) is 10.2. The van der Waals surface area contributed by atoms with Crippen molar-refractivity contribution in [1.82, 2.24) is 9.97 Å². The second-order valence-corrected chi connectivity index (χ2v) is 6.19. The van der Waals surface area contributed by atoms with Crippen molar-refractivity contribution in [2.45, 2.75) is 6.54 Å². The molecule has 0 radical (unpaired) electrons. The molecule has 3 rings (SSSR count). The molecule has 8 heteroatoms. The molecule has 7 nitrogen and oxygen atoms in total. The summed E-state index contributed by atoms with van der Waals surface area (Å²) in [6, 6.07) is 14.3. The van der Waals surface area contributed by atoms with Crippen molar-refractivity contribution < 1.29 is 14.3 Å². The van der Waals surface area contributed by atoms with E-state index in [4.69, 9.17) is 21.1 Å². The lowest BCUT2D eigenvalue weighted by atomic mass is 10.2. The van der Waals surface area contributed by atoms with Crippen LogP contribution in [0.15, 0.2) is 54.7 Å². The number of nitrogens with zero attached hydrogens (tertiary/aromatic N) is 2. The van der Waals surface area contributed by atoms with Crippen LogP contribution in [0.4, 0.5) is 17.5 Å². The van der Waals surface area contributed by atoms with Gasteiger partial charge in [-0.05, 0) is 42.0 Å². The third-order valence-corrected chi connectivity index (χ3v) is 4.25. The van der Waals surface area contributed by atoms with E-state index in [2.05, 4.69) is 20.6 Å². The molecule has 3 aromatic rings. The molecule has 0 saturated carbocycles. The van der Waals surface area contributed by atoms with Crippen molar-refractivity contribution in [1.29, 1.82) is 0 Å². The van der Waals surface area contributed by atoms with Crippen molar-refractivity contribution in [3.63, 3.8) is 0 Å². The van der Waals surface area contributed by atoms with E-state index in [-0.39, 0.29) is 0 Å². The molecule has 144 valence electrons. The van der Waals surface area contributed by atoms with Gasteiger partial charge in [-0.3, -0.25) is 0 Å². The van der Waals surface area contributed by atoms with E-state index in [0.717, 1.165) is 11.3 Å². The maximum Gasteiger partial charge on any atom is 0.337 e. The quantitative estimate of drug-likeness (QED) is 0.574. The molecule has 0 spiro atoms. The first-order chi connectivity index (χ1) is 13.6. The van der Waals surface area contributed by atoms with E-state index < -0.39 is 5.97 Å². The fraction of sp³-hybridized carbons (Fsp3) is 0.150. The molecule has 0 aliphatic heterocycles. The first kappa shape index (κ1) is 19.4. The highest BCUT2D eigenvalue weighted by Gasteiger charge is 2.10. The van der Waals surface area contributed by atoms with E-state index in [1.807, 2.05) is 24.3 Å². The van der Waals surface area contributed by atoms with Gasteiger partial charge in [-0.2, -0.15) is 4.98 Å². The minimum Gasteiger partial charge on any atom is -0.497 e. The van der Waals surface area contributed by atoms with Crippen LogP contribution in [0, 0.1) is 0 Å². The van der Waals surface area contributed by atoms with Crippen LogP contribution in [-0.4, -0.2) is 30.2 Å². The van der Waals surface area contributed by atoms with E-state index in [1.165, 1.54) is 7.11 Å². The molecule has 2 aromatic carbocycles. The van der Waals surface area contributed by atoms with Gasteiger partial charge in [0.2, 0.25) is 5.95 Å². The summed E-state index contributed by atoms with van der Waals surface area (Å²) < 4.78 is 9.89. The Hall–Kier alpha value is -3.32. The number of rotatable bonds is 7. The Morgan fingerprint density at radius 3 is 2.61 bits per heavy atom. The number of hydrogen-bond donors (Lipinski definition) is 2. The maximum atomic E-state index is 11.7. The summed E-state index contributed by atoms with van der Waals surface area (Å²) in [5, 5.41) is 6.70. The molecule has 1 heterocycles. The Balaban J connectivity index is 1.70. The summed E-state index contributed by atoms with van der Waals surface area (Å²) >= 11 is 6.20. The van der Waals surface area contributed by atoms with E-state index in [9.17, 15) is 4.79 Å². The second-order valence-electron chi connectivity index (χ2n) is 5.78. The Morgan fingerprint density at radius 2 is 1.89 bits per heavy atom. The van der Waals surface area contributed by atoms with Crippen LogP contribution in [0.3, 0.4) is 0 Å². The molecular weight excluding hydrogens is 380 g/mol. The van der Waals surface area contributed by atoms with Crippen LogP contribution in [0.5, 0.6) is 5.75 Å². The third-order valence-electron chi connectivity index (χ3n) is 3.92. The Labute approximate surface area is 167 Å². The number of anilines is 3. The molecule has 2 N–H and O–H groups in total. The van der Waals surface area contributed by atoms with Gasteiger partial charge in [0.05, 0.1) is 30.5 Å². The number of benzene rings is 2. The monoisotopic (exact) mass is 398 g/mol. The van der Waals surface area contributed by atoms with Crippen LogP contribution in [0.25, 0.3) is 0 Å². The molecule has 0 unspecified atom stereocenters. The summed E-state index contributed by atoms with van der Waals surface area (Å²) in [5.74, 6) is 1.36. The van der Waals surface area contributed by atoms with Crippen molar-refractivity contribution in [3.05, 3.63) is 70.9 Å². The molecule has 0 atom stereocenters. The van der Waals surface area contributed by atoms with Gasteiger partial charge in [0.1, 0.15) is 11.6 Å². The Bertz CT molecular complexity index is 964. The van der Waals surface area contributed by atoms with Crippen LogP contribution in [-0.2, 0) is 11.3 Å².